The second-order valence-corrected chi connectivity index (χ2v) is 11.9. The van der Waals surface area contributed by atoms with Crippen LogP contribution in [-0.2, 0) is 4.79 Å². The van der Waals surface area contributed by atoms with Crippen LogP contribution in [0.2, 0.25) is 5.02 Å². The first-order chi connectivity index (χ1) is 17.2. The summed E-state index contributed by atoms with van der Waals surface area (Å²) >= 11 is 6.45. The summed E-state index contributed by atoms with van der Waals surface area (Å²) in [6.07, 6.45) is 5.00. The van der Waals surface area contributed by atoms with E-state index >= 15 is 0 Å². The summed E-state index contributed by atoms with van der Waals surface area (Å²) < 4.78 is 0. The van der Waals surface area contributed by atoms with Gasteiger partial charge in [0.2, 0.25) is 5.91 Å². The van der Waals surface area contributed by atoms with E-state index < -0.39 is 5.54 Å². The Kier molecular flexibility index (Phi) is 6.39. The first kappa shape index (κ1) is 24.9. The van der Waals surface area contributed by atoms with E-state index in [-0.39, 0.29) is 23.8 Å². The SMILES string of the molecule is CC(CC#N)(C(N)=NC1C2CC3CC1CC(C(N)=O)(C3)C2)N1CCN(c2ccc(C#N)cc2Cl)CC1. The summed E-state index contributed by atoms with van der Waals surface area (Å²) in [7, 11) is 0. The van der Waals surface area contributed by atoms with E-state index in [0.29, 0.717) is 34.2 Å². The Labute approximate surface area is 217 Å². The van der Waals surface area contributed by atoms with E-state index in [1.807, 2.05) is 13.0 Å². The van der Waals surface area contributed by atoms with E-state index in [9.17, 15) is 10.1 Å². The number of hydrogen-bond acceptors (Lipinski definition) is 6. The van der Waals surface area contributed by atoms with Crippen molar-refractivity contribution in [3.05, 3.63) is 28.8 Å². The number of primary amides is 1. The topological polar surface area (TPSA) is 136 Å². The number of nitrogens with two attached hydrogens (primary N) is 2. The quantitative estimate of drug-likeness (QED) is 0.448. The summed E-state index contributed by atoms with van der Waals surface area (Å²) in [6, 6.07) is 9.94. The lowest BCUT2D eigenvalue weighted by Gasteiger charge is -2.58. The molecule has 190 valence electrons. The van der Waals surface area contributed by atoms with Crippen molar-refractivity contribution < 1.29 is 4.79 Å². The standard InChI is InChI=1S/C27H34ClN7O/c1-26(4-5-29,35-8-6-34(7-9-35)22-3-2-17(16-30)12-21(22)28)24(31)33-23-19-10-18-11-20(23)15-27(13-18,14-19)25(32)36/h2-3,12,18-20,23H,4,6-11,13-15H2,1H3,(H2,31,33)(H2,32,36). The summed E-state index contributed by atoms with van der Waals surface area (Å²) in [5, 5.41) is 19.4. The van der Waals surface area contributed by atoms with Gasteiger partial charge in [-0.25, -0.2) is 0 Å². The van der Waals surface area contributed by atoms with Crippen molar-refractivity contribution >= 4 is 29.0 Å². The van der Waals surface area contributed by atoms with Gasteiger partial charge in [-0.15, -0.1) is 0 Å². The highest BCUT2D eigenvalue weighted by Crippen LogP contribution is 2.60. The fourth-order valence-electron chi connectivity index (χ4n) is 7.60. The Bertz CT molecular complexity index is 1150. The lowest BCUT2D eigenvalue weighted by atomic mass is 9.48. The molecule has 1 saturated heterocycles. The molecule has 3 unspecified atom stereocenters. The second kappa shape index (κ2) is 9.25. The van der Waals surface area contributed by atoms with E-state index in [4.69, 9.17) is 33.3 Å². The number of carbonyl (C=O) groups excluding carboxylic acids is 1. The van der Waals surface area contributed by atoms with Crippen LogP contribution in [0.15, 0.2) is 23.2 Å². The van der Waals surface area contributed by atoms with Crippen molar-refractivity contribution in [2.75, 3.05) is 31.1 Å². The molecule has 4 saturated carbocycles. The maximum absolute atomic E-state index is 12.3. The van der Waals surface area contributed by atoms with Crippen LogP contribution < -0.4 is 16.4 Å². The average Bonchev–Trinajstić information content (AvgIpc) is 2.85. The molecular weight excluding hydrogens is 474 g/mol. The number of aliphatic imine (C=N–C) groups is 1. The summed E-state index contributed by atoms with van der Waals surface area (Å²) in [4.78, 5) is 21.9. The highest BCUT2D eigenvalue weighted by atomic mass is 35.5. The minimum absolute atomic E-state index is 0.103. The van der Waals surface area contributed by atoms with Gasteiger partial charge in [-0.05, 0) is 75.0 Å². The third-order valence-corrected chi connectivity index (χ3v) is 9.71. The molecule has 9 heteroatoms. The van der Waals surface area contributed by atoms with Crippen LogP contribution in [0.4, 0.5) is 5.69 Å². The van der Waals surface area contributed by atoms with Crippen LogP contribution in [0.3, 0.4) is 0 Å². The van der Waals surface area contributed by atoms with Gasteiger partial charge < -0.3 is 16.4 Å². The van der Waals surface area contributed by atoms with Gasteiger partial charge in [0.25, 0.3) is 0 Å². The number of piperazine rings is 1. The molecule has 8 nitrogen and oxygen atoms in total. The Balaban J connectivity index is 1.32. The lowest BCUT2D eigenvalue weighted by Crippen LogP contribution is -2.62. The van der Waals surface area contributed by atoms with Crippen molar-refractivity contribution in [1.29, 1.82) is 10.5 Å². The highest BCUT2D eigenvalue weighted by molar-refractivity contribution is 6.33. The number of halogens is 1. The molecule has 1 amide bonds. The number of hydrogen-bond donors (Lipinski definition) is 2. The third kappa shape index (κ3) is 4.11. The van der Waals surface area contributed by atoms with Crippen LogP contribution in [0.5, 0.6) is 0 Å². The molecule has 4 bridgehead atoms. The molecule has 6 rings (SSSR count). The Hall–Kier alpha value is -2.81. The maximum atomic E-state index is 12.3. The first-order valence-corrected chi connectivity index (χ1v) is 13.3. The predicted molar refractivity (Wildman–Crippen MR) is 139 cm³/mol. The second-order valence-electron chi connectivity index (χ2n) is 11.5. The Morgan fingerprint density at radius 2 is 1.83 bits per heavy atom. The fourth-order valence-corrected chi connectivity index (χ4v) is 7.90. The number of nitriles is 2. The number of rotatable bonds is 6. The summed E-state index contributed by atoms with van der Waals surface area (Å²) in [6.45, 7) is 4.93. The van der Waals surface area contributed by atoms with Crippen LogP contribution in [-0.4, -0.2) is 54.4 Å². The molecule has 1 heterocycles. The smallest absolute Gasteiger partial charge is 0.223 e. The molecule has 0 aromatic heterocycles. The van der Waals surface area contributed by atoms with Crippen molar-refractivity contribution in [3.63, 3.8) is 0 Å². The maximum Gasteiger partial charge on any atom is 0.223 e. The van der Waals surface area contributed by atoms with E-state index in [0.717, 1.165) is 64.0 Å². The monoisotopic (exact) mass is 507 g/mol. The van der Waals surface area contributed by atoms with Gasteiger partial charge >= 0.3 is 0 Å². The van der Waals surface area contributed by atoms with Crippen molar-refractivity contribution in [2.24, 2.45) is 39.6 Å². The average molecular weight is 508 g/mol. The molecule has 5 fully saturated rings. The van der Waals surface area contributed by atoms with Crippen LogP contribution in [0.1, 0.15) is 51.0 Å². The number of benzene rings is 1. The predicted octanol–water partition coefficient (Wildman–Crippen LogP) is 3.04. The molecule has 0 spiro atoms. The normalized spacial score (nSPS) is 33.6. The van der Waals surface area contributed by atoms with E-state index in [2.05, 4.69) is 21.9 Å². The molecule has 5 aliphatic rings. The number of carbonyl (C=O) groups is 1. The Morgan fingerprint density at radius 3 is 2.39 bits per heavy atom. The van der Waals surface area contributed by atoms with Gasteiger partial charge in [-0.2, -0.15) is 10.5 Å². The molecule has 4 aliphatic carbocycles. The number of anilines is 1. The minimum atomic E-state index is -0.661. The fraction of sp³-hybridized carbons (Fsp3) is 0.630. The van der Waals surface area contributed by atoms with Crippen molar-refractivity contribution in [1.82, 2.24) is 4.90 Å². The zero-order chi connectivity index (χ0) is 25.7. The molecule has 1 aromatic carbocycles. The highest BCUT2D eigenvalue weighted by Gasteiger charge is 2.58. The molecule has 1 aromatic rings. The molecule has 0 radical (unpaired) electrons. The number of amides is 1. The van der Waals surface area contributed by atoms with Crippen LogP contribution in [0, 0.1) is 45.8 Å². The van der Waals surface area contributed by atoms with Gasteiger partial charge in [-0.3, -0.25) is 14.7 Å². The van der Waals surface area contributed by atoms with Gasteiger partial charge in [0, 0.05) is 31.6 Å². The van der Waals surface area contributed by atoms with Crippen LogP contribution >= 0.6 is 11.6 Å². The molecule has 1 aliphatic heterocycles. The molecule has 36 heavy (non-hydrogen) atoms. The van der Waals surface area contributed by atoms with E-state index in [1.54, 1.807) is 12.1 Å². The summed E-state index contributed by atoms with van der Waals surface area (Å²) in [5.74, 6) is 1.62. The third-order valence-electron chi connectivity index (χ3n) is 9.40. The largest absolute Gasteiger partial charge is 0.386 e. The van der Waals surface area contributed by atoms with Crippen LogP contribution in [0.25, 0.3) is 0 Å². The zero-order valence-corrected chi connectivity index (χ0v) is 21.5. The van der Waals surface area contributed by atoms with Gasteiger partial charge in [0.1, 0.15) is 5.84 Å². The van der Waals surface area contributed by atoms with Gasteiger partial charge in [0.05, 0.1) is 46.4 Å². The first-order valence-electron chi connectivity index (χ1n) is 12.9. The number of amidine groups is 1. The Morgan fingerprint density at radius 1 is 1.17 bits per heavy atom. The van der Waals surface area contributed by atoms with Gasteiger partial charge in [-0.1, -0.05) is 11.6 Å². The van der Waals surface area contributed by atoms with Gasteiger partial charge in [0.15, 0.2) is 0 Å². The van der Waals surface area contributed by atoms with Crippen molar-refractivity contribution in [2.45, 2.75) is 57.0 Å². The minimum Gasteiger partial charge on any atom is -0.386 e. The van der Waals surface area contributed by atoms with E-state index in [1.165, 1.54) is 0 Å². The lowest BCUT2D eigenvalue weighted by molar-refractivity contribution is -0.144. The molecular formula is C27H34ClN7O. The van der Waals surface area contributed by atoms with Crippen molar-refractivity contribution in [3.8, 4) is 12.1 Å². The molecule has 3 atom stereocenters. The molecule has 4 N–H and O–H groups in total. The summed E-state index contributed by atoms with van der Waals surface area (Å²) in [5.41, 5.74) is 13.0. The number of nitrogens with zero attached hydrogens (tertiary/aromatic N) is 5. The zero-order valence-electron chi connectivity index (χ0n) is 20.8.